The van der Waals surface area contributed by atoms with Crippen LogP contribution in [0.1, 0.15) is 38.7 Å². The second-order valence-corrected chi connectivity index (χ2v) is 6.23. The van der Waals surface area contributed by atoms with Crippen LogP contribution in [0.2, 0.25) is 0 Å². The minimum atomic E-state index is -0.229. The summed E-state index contributed by atoms with van der Waals surface area (Å²) in [6.45, 7) is 4.15. The van der Waals surface area contributed by atoms with Gasteiger partial charge in [-0.15, -0.1) is 11.8 Å². The van der Waals surface area contributed by atoms with Crippen molar-refractivity contribution in [3.8, 4) is 0 Å². The fourth-order valence-electron chi connectivity index (χ4n) is 1.77. The number of benzene rings is 1. The molecule has 0 atom stereocenters. The molecule has 2 N–H and O–H groups in total. The number of rotatable bonds is 3. The summed E-state index contributed by atoms with van der Waals surface area (Å²) in [5.74, 6) is 0. The maximum Gasteiger partial charge on any atom is 0.0363 e. The Labute approximate surface area is 96.4 Å². The Bertz CT molecular complexity index is 337. The molecule has 0 bridgehead atoms. The van der Waals surface area contributed by atoms with Crippen molar-refractivity contribution < 1.29 is 0 Å². The van der Waals surface area contributed by atoms with Gasteiger partial charge in [0.05, 0.1) is 0 Å². The van der Waals surface area contributed by atoms with Crippen LogP contribution in [0.25, 0.3) is 0 Å². The standard InChI is InChI=1S/C13H19NS/c1-13(2,14)11-8-3-4-9-12(11)15-10-6-5-7-10/h3-4,8-10H,5-7,14H2,1-2H3. The molecule has 1 fully saturated rings. The molecule has 2 heteroatoms. The number of thioether (sulfide) groups is 1. The van der Waals surface area contributed by atoms with Gasteiger partial charge < -0.3 is 5.73 Å². The van der Waals surface area contributed by atoms with Crippen LogP contribution in [0, 0.1) is 0 Å². The maximum absolute atomic E-state index is 6.18. The van der Waals surface area contributed by atoms with E-state index in [2.05, 4.69) is 38.1 Å². The van der Waals surface area contributed by atoms with Crippen LogP contribution in [0.15, 0.2) is 29.2 Å². The van der Waals surface area contributed by atoms with Gasteiger partial charge in [-0.1, -0.05) is 24.6 Å². The van der Waals surface area contributed by atoms with Gasteiger partial charge in [-0.25, -0.2) is 0 Å². The summed E-state index contributed by atoms with van der Waals surface area (Å²) in [6, 6.07) is 8.54. The molecular weight excluding hydrogens is 202 g/mol. The summed E-state index contributed by atoms with van der Waals surface area (Å²) < 4.78 is 0. The molecule has 0 spiro atoms. The van der Waals surface area contributed by atoms with Crippen molar-refractivity contribution in [1.82, 2.24) is 0 Å². The number of nitrogens with two attached hydrogens (primary N) is 1. The van der Waals surface area contributed by atoms with Crippen LogP contribution in [-0.2, 0) is 5.54 Å². The van der Waals surface area contributed by atoms with Crippen LogP contribution in [0.5, 0.6) is 0 Å². The van der Waals surface area contributed by atoms with Crippen molar-refractivity contribution >= 4 is 11.8 Å². The van der Waals surface area contributed by atoms with E-state index in [1.807, 2.05) is 11.8 Å². The molecule has 0 radical (unpaired) electrons. The van der Waals surface area contributed by atoms with Gasteiger partial charge in [0.25, 0.3) is 0 Å². The fraction of sp³-hybridized carbons (Fsp3) is 0.538. The van der Waals surface area contributed by atoms with Crippen LogP contribution < -0.4 is 5.73 Å². The van der Waals surface area contributed by atoms with Crippen LogP contribution in [0.3, 0.4) is 0 Å². The van der Waals surface area contributed by atoms with Gasteiger partial charge in [0.2, 0.25) is 0 Å². The van der Waals surface area contributed by atoms with E-state index in [0.717, 1.165) is 5.25 Å². The van der Waals surface area contributed by atoms with Gasteiger partial charge in [0.15, 0.2) is 0 Å². The van der Waals surface area contributed by atoms with Crippen molar-refractivity contribution in [2.45, 2.75) is 48.8 Å². The molecule has 1 nitrogen and oxygen atoms in total. The molecular formula is C13H19NS. The Morgan fingerprint density at radius 1 is 1.27 bits per heavy atom. The van der Waals surface area contributed by atoms with E-state index < -0.39 is 0 Å². The van der Waals surface area contributed by atoms with Gasteiger partial charge in [-0.05, 0) is 38.3 Å². The zero-order chi connectivity index (χ0) is 10.9. The second-order valence-electron chi connectivity index (χ2n) is 4.89. The molecule has 2 rings (SSSR count). The summed E-state index contributed by atoms with van der Waals surface area (Å²) in [4.78, 5) is 1.37. The lowest BCUT2D eigenvalue weighted by molar-refractivity contribution is 0.518. The summed E-state index contributed by atoms with van der Waals surface area (Å²) in [5, 5.41) is 0.827. The summed E-state index contributed by atoms with van der Waals surface area (Å²) in [7, 11) is 0. The Balaban J connectivity index is 2.21. The van der Waals surface area contributed by atoms with Gasteiger partial charge in [-0.3, -0.25) is 0 Å². The van der Waals surface area contributed by atoms with E-state index >= 15 is 0 Å². The van der Waals surface area contributed by atoms with E-state index in [0.29, 0.717) is 0 Å². The van der Waals surface area contributed by atoms with Crippen molar-refractivity contribution in [1.29, 1.82) is 0 Å². The van der Waals surface area contributed by atoms with Crippen molar-refractivity contribution in [3.05, 3.63) is 29.8 Å². The SMILES string of the molecule is CC(C)(N)c1ccccc1SC1CCC1. The summed E-state index contributed by atoms with van der Waals surface area (Å²) >= 11 is 2.00. The molecule has 0 amide bonds. The van der Waals surface area contributed by atoms with Crippen LogP contribution >= 0.6 is 11.8 Å². The Hall–Kier alpha value is -0.470. The van der Waals surface area contributed by atoms with E-state index in [9.17, 15) is 0 Å². The highest BCUT2D eigenvalue weighted by molar-refractivity contribution is 8.00. The molecule has 0 unspecified atom stereocenters. The molecule has 0 aliphatic heterocycles. The Morgan fingerprint density at radius 3 is 2.47 bits per heavy atom. The highest BCUT2D eigenvalue weighted by Crippen LogP contribution is 2.39. The molecule has 0 aromatic heterocycles. The highest BCUT2D eigenvalue weighted by Gasteiger charge is 2.23. The lowest BCUT2D eigenvalue weighted by Gasteiger charge is -2.28. The first-order chi connectivity index (χ1) is 7.07. The smallest absolute Gasteiger partial charge is 0.0363 e. The Kier molecular flexibility index (Phi) is 3.08. The fourth-order valence-corrected chi connectivity index (χ4v) is 3.31. The van der Waals surface area contributed by atoms with E-state index in [1.54, 1.807) is 0 Å². The summed E-state index contributed by atoms with van der Waals surface area (Å²) in [6.07, 6.45) is 4.12. The van der Waals surface area contributed by atoms with Crippen molar-refractivity contribution in [2.75, 3.05) is 0 Å². The number of hydrogen-bond donors (Lipinski definition) is 1. The largest absolute Gasteiger partial charge is 0.322 e. The molecule has 1 aromatic carbocycles. The third-order valence-electron chi connectivity index (χ3n) is 2.93. The monoisotopic (exact) mass is 221 g/mol. The third kappa shape index (κ3) is 2.56. The predicted octanol–water partition coefficient (Wildman–Crippen LogP) is 3.53. The predicted molar refractivity (Wildman–Crippen MR) is 67.2 cm³/mol. The van der Waals surface area contributed by atoms with Gasteiger partial charge in [0, 0.05) is 15.7 Å². The first kappa shape index (κ1) is 11.0. The zero-order valence-electron chi connectivity index (χ0n) is 9.49. The quantitative estimate of drug-likeness (QED) is 0.845. The lowest BCUT2D eigenvalue weighted by atomic mass is 9.96. The molecule has 0 heterocycles. The first-order valence-electron chi connectivity index (χ1n) is 5.62. The molecule has 1 aromatic rings. The van der Waals surface area contributed by atoms with Gasteiger partial charge in [-0.2, -0.15) is 0 Å². The molecule has 1 aliphatic rings. The minimum Gasteiger partial charge on any atom is -0.322 e. The van der Waals surface area contributed by atoms with Crippen molar-refractivity contribution in [2.24, 2.45) is 5.73 Å². The highest BCUT2D eigenvalue weighted by atomic mass is 32.2. The third-order valence-corrected chi connectivity index (χ3v) is 4.34. The normalized spacial score (nSPS) is 17.5. The van der Waals surface area contributed by atoms with Gasteiger partial charge in [0.1, 0.15) is 0 Å². The number of hydrogen-bond acceptors (Lipinski definition) is 2. The van der Waals surface area contributed by atoms with E-state index in [1.165, 1.54) is 29.7 Å². The molecule has 1 saturated carbocycles. The van der Waals surface area contributed by atoms with E-state index in [-0.39, 0.29) is 5.54 Å². The molecule has 82 valence electrons. The average Bonchev–Trinajstić information content (AvgIpc) is 2.10. The molecule has 15 heavy (non-hydrogen) atoms. The minimum absolute atomic E-state index is 0.229. The molecule has 0 saturated heterocycles. The van der Waals surface area contributed by atoms with Gasteiger partial charge >= 0.3 is 0 Å². The maximum atomic E-state index is 6.18. The zero-order valence-corrected chi connectivity index (χ0v) is 10.3. The summed E-state index contributed by atoms with van der Waals surface area (Å²) in [5.41, 5.74) is 7.23. The lowest BCUT2D eigenvalue weighted by Crippen LogP contribution is -2.29. The topological polar surface area (TPSA) is 26.0 Å². The van der Waals surface area contributed by atoms with Crippen LogP contribution in [-0.4, -0.2) is 5.25 Å². The van der Waals surface area contributed by atoms with Crippen LogP contribution in [0.4, 0.5) is 0 Å². The first-order valence-corrected chi connectivity index (χ1v) is 6.50. The Morgan fingerprint density at radius 2 is 1.93 bits per heavy atom. The van der Waals surface area contributed by atoms with E-state index in [4.69, 9.17) is 5.73 Å². The van der Waals surface area contributed by atoms with Crippen molar-refractivity contribution in [3.63, 3.8) is 0 Å². The second kappa shape index (κ2) is 4.18. The molecule has 1 aliphatic carbocycles. The average molecular weight is 221 g/mol.